The van der Waals surface area contributed by atoms with Crippen molar-refractivity contribution < 1.29 is 0 Å². The molecule has 1 nitrogen and oxygen atoms in total. The van der Waals surface area contributed by atoms with E-state index in [9.17, 15) is 0 Å². The van der Waals surface area contributed by atoms with E-state index in [2.05, 4.69) is 67.3 Å². The molecular weight excluding hydrogens is 238 g/mol. The Morgan fingerprint density at radius 1 is 1.22 bits per heavy atom. The van der Waals surface area contributed by atoms with Crippen LogP contribution in [0, 0.1) is 0 Å². The van der Waals surface area contributed by atoms with Gasteiger partial charge in [-0.3, -0.25) is 0 Å². The fourth-order valence-corrected chi connectivity index (χ4v) is 4.05. The molecule has 0 saturated carbocycles. The van der Waals surface area contributed by atoms with E-state index in [0.717, 1.165) is 12.3 Å². The Bertz CT molecular complexity index is 564. The second kappa shape index (κ2) is 4.94. The van der Waals surface area contributed by atoms with Gasteiger partial charge in [-0.15, -0.1) is 0 Å². The molecule has 0 saturated heterocycles. The first kappa shape index (κ1) is 12.1. The van der Waals surface area contributed by atoms with E-state index < -0.39 is 0 Å². The summed E-state index contributed by atoms with van der Waals surface area (Å²) < 4.78 is 0. The van der Waals surface area contributed by atoms with Crippen molar-refractivity contribution in [2.45, 2.75) is 30.9 Å². The molecule has 0 radical (unpaired) electrons. The van der Waals surface area contributed by atoms with Crippen LogP contribution in [-0.4, -0.2) is 11.8 Å². The van der Waals surface area contributed by atoms with Crippen molar-refractivity contribution in [1.29, 1.82) is 0 Å². The molecule has 2 aromatic rings. The topological polar surface area (TPSA) is 12.0 Å². The first-order valence-corrected chi connectivity index (χ1v) is 7.71. The highest BCUT2D eigenvalue weighted by molar-refractivity contribution is 7.99. The second-order valence-electron chi connectivity index (χ2n) is 4.91. The largest absolute Gasteiger partial charge is 0.309 e. The molecule has 2 atom stereocenters. The van der Waals surface area contributed by atoms with Crippen LogP contribution < -0.4 is 5.32 Å². The molecule has 18 heavy (non-hydrogen) atoms. The van der Waals surface area contributed by atoms with Crippen molar-refractivity contribution >= 4 is 22.5 Å². The monoisotopic (exact) mass is 257 g/mol. The van der Waals surface area contributed by atoms with E-state index in [4.69, 9.17) is 0 Å². The average Bonchev–Trinajstić information content (AvgIpc) is 2.41. The van der Waals surface area contributed by atoms with Gasteiger partial charge in [-0.25, -0.2) is 0 Å². The van der Waals surface area contributed by atoms with Crippen molar-refractivity contribution in [2.75, 3.05) is 6.54 Å². The van der Waals surface area contributed by atoms with E-state index >= 15 is 0 Å². The zero-order valence-electron chi connectivity index (χ0n) is 10.9. The summed E-state index contributed by atoms with van der Waals surface area (Å²) in [5.74, 6) is 1.14. The van der Waals surface area contributed by atoms with Crippen LogP contribution in [0.3, 0.4) is 0 Å². The van der Waals surface area contributed by atoms with E-state index in [0.29, 0.717) is 11.3 Å². The number of benzene rings is 2. The number of hydrogen-bond donors (Lipinski definition) is 1. The van der Waals surface area contributed by atoms with Gasteiger partial charge in [0.2, 0.25) is 0 Å². The summed E-state index contributed by atoms with van der Waals surface area (Å²) >= 11 is 2.06. The number of hydrogen-bond acceptors (Lipinski definition) is 2. The van der Waals surface area contributed by atoms with Crippen molar-refractivity contribution in [2.24, 2.45) is 0 Å². The van der Waals surface area contributed by atoms with E-state index in [1.165, 1.54) is 21.9 Å². The third kappa shape index (κ3) is 1.94. The van der Waals surface area contributed by atoms with E-state index in [1.54, 1.807) is 0 Å². The van der Waals surface area contributed by atoms with Crippen molar-refractivity contribution in [1.82, 2.24) is 5.32 Å². The van der Waals surface area contributed by atoms with Crippen LogP contribution in [0.15, 0.2) is 36.4 Å². The highest BCUT2D eigenvalue weighted by Crippen LogP contribution is 2.40. The number of thioether (sulfide) groups is 1. The standard InChI is InChI=1S/C16H19NS/c1-3-17-16-11(2)18-10-15-13-7-5-4-6-12(13)8-9-14(15)16/h4-9,11,16-17H,3,10H2,1-2H3. The average molecular weight is 257 g/mol. The number of fused-ring (bicyclic) bond motifs is 3. The summed E-state index contributed by atoms with van der Waals surface area (Å²) in [6.07, 6.45) is 0. The molecule has 94 valence electrons. The number of nitrogens with one attached hydrogen (secondary N) is 1. The SMILES string of the molecule is CCNC1c2ccc3ccccc3c2CSC1C. The van der Waals surface area contributed by atoms with Gasteiger partial charge < -0.3 is 5.32 Å². The minimum absolute atomic E-state index is 0.494. The Labute approximate surface area is 113 Å². The van der Waals surface area contributed by atoms with Crippen LogP contribution in [-0.2, 0) is 5.75 Å². The third-order valence-electron chi connectivity index (χ3n) is 3.80. The van der Waals surface area contributed by atoms with Crippen LogP contribution in [0.1, 0.15) is 31.0 Å². The summed E-state index contributed by atoms with van der Waals surface area (Å²) in [5, 5.41) is 7.08. The van der Waals surface area contributed by atoms with Gasteiger partial charge in [-0.1, -0.05) is 50.2 Å². The Morgan fingerprint density at radius 2 is 2.06 bits per heavy atom. The maximum atomic E-state index is 3.63. The van der Waals surface area contributed by atoms with Gasteiger partial charge in [0.15, 0.2) is 0 Å². The Hall–Kier alpha value is -0.990. The summed E-state index contributed by atoms with van der Waals surface area (Å²) in [6, 6.07) is 13.8. The maximum Gasteiger partial charge on any atom is 0.0441 e. The molecule has 0 bridgehead atoms. The molecule has 1 heterocycles. The smallest absolute Gasteiger partial charge is 0.0441 e. The van der Waals surface area contributed by atoms with Gasteiger partial charge >= 0.3 is 0 Å². The lowest BCUT2D eigenvalue weighted by Crippen LogP contribution is -2.31. The molecule has 1 aliphatic heterocycles. The molecule has 1 aliphatic rings. The molecule has 1 N–H and O–H groups in total. The minimum atomic E-state index is 0.494. The molecule has 3 rings (SSSR count). The lowest BCUT2D eigenvalue weighted by molar-refractivity contribution is 0.541. The fourth-order valence-electron chi connectivity index (χ4n) is 2.86. The van der Waals surface area contributed by atoms with Gasteiger partial charge in [0.1, 0.15) is 0 Å². The summed E-state index contributed by atoms with van der Waals surface area (Å²) in [4.78, 5) is 0. The van der Waals surface area contributed by atoms with Crippen LogP contribution in [0.25, 0.3) is 10.8 Å². The molecular formula is C16H19NS. The van der Waals surface area contributed by atoms with E-state index in [-0.39, 0.29) is 0 Å². The molecule has 0 spiro atoms. The van der Waals surface area contributed by atoms with Gasteiger partial charge in [0.05, 0.1) is 0 Å². The predicted octanol–water partition coefficient (Wildman–Crippen LogP) is 4.13. The maximum absolute atomic E-state index is 3.63. The lowest BCUT2D eigenvalue weighted by Gasteiger charge is -2.32. The first-order valence-electron chi connectivity index (χ1n) is 6.66. The Morgan fingerprint density at radius 3 is 2.89 bits per heavy atom. The van der Waals surface area contributed by atoms with Crippen LogP contribution in [0.5, 0.6) is 0 Å². The number of rotatable bonds is 2. The quantitative estimate of drug-likeness (QED) is 0.868. The van der Waals surface area contributed by atoms with Gasteiger partial charge in [-0.2, -0.15) is 11.8 Å². The van der Waals surface area contributed by atoms with Gasteiger partial charge in [-0.05, 0) is 28.4 Å². The van der Waals surface area contributed by atoms with Gasteiger partial charge in [0, 0.05) is 17.0 Å². The second-order valence-corrected chi connectivity index (χ2v) is 6.27. The molecule has 2 heteroatoms. The van der Waals surface area contributed by atoms with Crippen molar-refractivity contribution in [3.05, 3.63) is 47.5 Å². The zero-order chi connectivity index (χ0) is 12.5. The third-order valence-corrected chi connectivity index (χ3v) is 5.05. The van der Waals surface area contributed by atoms with Gasteiger partial charge in [0.25, 0.3) is 0 Å². The molecule has 0 aliphatic carbocycles. The lowest BCUT2D eigenvalue weighted by atomic mass is 9.93. The highest BCUT2D eigenvalue weighted by Gasteiger charge is 2.27. The zero-order valence-corrected chi connectivity index (χ0v) is 11.8. The van der Waals surface area contributed by atoms with Crippen molar-refractivity contribution in [3.63, 3.8) is 0 Å². The summed E-state index contributed by atoms with van der Waals surface area (Å²) in [7, 11) is 0. The predicted molar refractivity (Wildman–Crippen MR) is 81.1 cm³/mol. The normalized spacial score (nSPS) is 23.0. The molecule has 0 fully saturated rings. The molecule has 0 amide bonds. The molecule has 2 unspecified atom stereocenters. The summed E-state index contributed by atoms with van der Waals surface area (Å²) in [5.41, 5.74) is 3.03. The summed E-state index contributed by atoms with van der Waals surface area (Å²) in [6.45, 7) is 5.55. The minimum Gasteiger partial charge on any atom is -0.309 e. The van der Waals surface area contributed by atoms with Crippen LogP contribution in [0.2, 0.25) is 0 Å². The molecule has 0 aromatic heterocycles. The van der Waals surface area contributed by atoms with Crippen LogP contribution in [0.4, 0.5) is 0 Å². The van der Waals surface area contributed by atoms with Crippen LogP contribution >= 0.6 is 11.8 Å². The molecule has 2 aromatic carbocycles. The fraction of sp³-hybridized carbons (Fsp3) is 0.375. The van der Waals surface area contributed by atoms with Crippen molar-refractivity contribution in [3.8, 4) is 0 Å². The van der Waals surface area contributed by atoms with E-state index in [1.807, 2.05) is 0 Å². The first-order chi connectivity index (χ1) is 8.81. The Balaban J connectivity index is 2.16. The highest BCUT2D eigenvalue weighted by atomic mass is 32.2. The Kier molecular flexibility index (Phi) is 3.31.